The van der Waals surface area contributed by atoms with Crippen molar-refractivity contribution in [3.63, 3.8) is 0 Å². The fraction of sp³-hybridized carbons (Fsp3) is 0.692. The summed E-state index contributed by atoms with van der Waals surface area (Å²) in [6.45, 7) is 5.10. The van der Waals surface area contributed by atoms with Crippen LogP contribution in [0.15, 0.2) is 14.7 Å². The van der Waals surface area contributed by atoms with Gasteiger partial charge in [0.15, 0.2) is 0 Å². The Hall–Kier alpha value is 0.0500. The highest BCUT2D eigenvalue weighted by molar-refractivity contribution is 9.11. The molecule has 0 bridgehead atoms. The molecule has 4 nitrogen and oxygen atoms in total. The van der Waals surface area contributed by atoms with Crippen molar-refractivity contribution in [3.8, 4) is 0 Å². The summed E-state index contributed by atoms with van der Waals surface area (Å²) < 4.78 is 27.9. The van der Waals surface area contributed by atoms with E-state index in [9.17, 15) is 8.42 Å². The molecule has 0 radical (unpaired) electrons. The molecular weight excluding hydrogens is 360 g/mol. The van der Waals surface area contributed by atoms with Gasteiger partial charge in [-0.1, -0.05) is 33.1 Å². The van der Waals surface area contributed by atoms with Gasteiger partial charge in [-0.25, -0.2) is 13.1 Å². The van der Waals surface area contributed by atoms with E-state index in [1.54, 1.807) is 6.07 Å². The monoisotopic (exact) mass is 382 g/mol. The van der Waals surface area contributed by atoms with E-state index in [0.717, 1.165) is 30.6 Å². The highest BCUT2D eigenvalue weighted by Gasteiger charge is 2.21. The lowest BCUT2D eigenvalue weighted by Crippen LogP contribution is -2.29. The fourth-order valence-electron chi connectivity index (χ4n) is 1.93. The van der Waals surface area contributed by atoms with Gasteiger partial charge in [0.1, 0.15) is 4.90 Å². The van der Waals surface area contributed by atoms with Crippen LogP contribution in [0.1, 0.15) is 44.4 Å². The van der Waals surface area contributed by atoms with Crippen LogP contribution >= 0.6 is 27.3 Å². The molecule has 116 valence electrons. The molecule has 0 aliphatic heterocycles. The van der Waals surface area contributed by atoms with Crippen LogP contribution in [0.4, 0.5) is 0 Å². The fourth-order valence-corrected chi connectivity index (χ4v) is 5.61. The summed E-state index contributed by atoms with van der Waals surface area (Å²) in [5, 5.41) is 0. The van der Waals surface area contributed by atoms with Gasteiger partial charge in [-0.2, -0.15) is 0 Å². The maximum absolute atomic E-state index is 12.3. The topological polar surface area (TPSA) is 72.2 Å². The van der Waals surface area contributed by atoms with Crippen LogP contribution in [-0.2, 0) is 16.6 Å². The molecule has 3 N–H and O–H groups in total. The molecule has 1 heterocycles. The first-order valence-electron chi connectivity index (χ1n) is 6.92. The van der Waals surface area contributed by atoms with Crippen LogP contribution < -0.4 is 10.5 Å². The molecule has 0 saturated heterocycles. The number of sulfonamides is 1. The van der Waals surface area contributed by atoms with Crippen molar-refractivity contribution in [1.29, 1.82) is 0 Å². The lowest BCUT2D eigenvalue weighted by atomic mass is 10.00. The van der Waals surface area contributed by atoms with Crippen molar-refractivity contribution >= 4 is 37.3 Å². The summed E-state index contributed by atoms with van der Waals surface area (Å²) in [5.41, 5.74) is 5.55. The Morgan fingerprint density at radius 1 is 1.45 bits per heavy atom. The van der Waals surface area contributed by atoms with Gasteiger partial charge in [-0.15, -0.1) is 11.3 Å². The average Bonchev–Trinajstić information content (AvgIpc) is 2.81. The van der Waals surface area contributed by atoms with Gasteiger partial charge in [0, 0.05) is 18.0 Å². The van der Waals surface area contributed by atoms with Crippen LogP contribution in [-0.4, -0.2) is 15.0 Å². The van der Waals surface area contributed by atoms with Gasteiger partial charge >= 0.3 is 0 Å². The normalized spacial score (nSPS) is 13.6. The molecule has 1 rings (SSSR count). The van der Waals surface area contributed by atoms with Crippen LogP contribution in [0.2, 0.25) is 0 Å². The van der Waals surface area contributed by atoms with E-state index in [4.69, 9.17) is 5.73 Å². The number of halogens is 1. The van der Waals surface area contributed by atoms with Crippen molar-refractivity contribution < 1.29 is 8.42 Å². The minimum atomic E-state index is -3.45. The molecule has 1 aromatic heterocycles. The van der Waals surface area contributed by atoms with Gasteiger partial charge < -0.3 is 5.73 Å². The summed E-state index contributed by atoms with van der Waals surface area (Å²) in [6, 6.07) is 1.64. The van der Waals surface area contributed by atoms with Crippen LogP contribution in [0.3, 0.4) is 0 Å². The van der Waals surface area contributed by atoms with E-state index in [-0.39, 0.29) is 0 Å². The zero-order valence-electron chi connectivity index (χ0n) is 12.0. The first-order chi connectivity index (χ1) is 9.44. The van der Waals surface area contributed by atoms with Crippen LogP contribution in [0.25, 0.3) is 0 Å². The third kappa shape index (κ3) is 5.11. The summed E-state index contributed by atoms with van der Waals surface area (Å²) in [6.07, 6.45) is 4.33. The molecule has 7 heteroatoms. The third-order valence-corrected chi connectivity index (χ3v) is 7.00. The molecule has 0 aromatic carbocycles. The van der Waals surface area contributed by atoms with Gasteiger partial charge in [-0.05, 0) is 34.3 Å². The minimum absolute atomic E-state index is 0.299. The van der Waals surface area contributed by atoms with E-state index >= 15 is 0 Å². The van der Waals surface area contributed by atoms with E-state index < -0.39 is 10.0 Å². The zero-order valence-corrected chi connectivity index (χ0v) is 15.2. The molecule has 0 spiro atoms. The Labute approximate surface area is 134 Å². The predicted octanol–water partition coefficient (Wildman–Crippen LogP) is 3.46. The van der Waals surface area contributed by atoms with Crippen molar-refractivity contribution in [1.82, 2.24) is 4.72 Å². The second-order valence-corrected chi connectivity index (χ2v) is 9.01. The van der Waals surface area contributed by atoms with E-state index in [1.807, 2.05) is 0 Å². The molecule has 0 saturated carbocycles. The van der Waals surface area contributed by atoms with Gasteiger partial charge in [0.25, 0.3) is 0 Å². The summed E-state index contributed by atoms with van der Waals surface area (Å²) in [7, 11) is -3.45. The number of nitrogens with two attached hydrogens (primary N) is 1. The smallest absolute Gasteiger partial charge is 0.242 e. The predicted molar refractivity (Wildman–Crippen MR) is 88.4 cm³/mol. The Morgan fingerprint density at radius 2 is 2.15 bits per heavy atom. The first kappa shape index (κ1) is 18.1. The first-order valence-corrected chi connectivity index (χ1v) is 10.0. The van der Waals surface area contributed by atoms with Crippen molar-refractivity contribution in [2.45, 2.75) is 51.0 Å². The molecule has 0 aliphatic rings. The van der Waals surface area contributed by atoms with Crippen molar-refractivity contribution in [2.75, 3.05) is 6.54 Å². The molecule has 1 unspecified atom stereocenters. The molecular formula is C13H23BrN2O2S2. The number of unbranched alkanes of at least 4 members (excludes halogenated alkanes) is 1. The maximum Gasteiger partial charge on any atom is 0.242 e. The summed E-state index contributed by atoms with van der Waals surface area (Å²) >= 11 is 4.67. The standard InChI is InChI=1S/C13H23BrN2O2S2/c1-3-5-6-10(4-2)9-16-20(17,18)12-7-11(8-15)19-13(12)14/h7,10,16H,3-6,8-9,15H2,1-2H3. The zero-order chi connectivity index (χ0) is 15.2. The SMILES string of the molecule is CCCCC(CC)CNS(=O)(=O)c1cc(CN)sc1Br. The maximum atomic E-state index is 12.3. The summed E-state index contributed by atoms with van der Waals surface area (Å²) in [4.78, 5) is 1.16. The van der Waals surface area contributed by atoms with Crippen LogP contribution in [0, 0.1) is 5.92 Å². The molecule has 0 fully saturated rings. The van der Waals surface area contributed by atoms with Crippen molar-refractivity contribution in [2.24, 2.45) is 11.7 Å². The Kier molecular flexibility index (Phi) is 7.68. The highest BCUT2D eigenvalue weighted by Crippen LogP contribution is 2.31. The largest absolute Gasteiger partial charge is 0.326 e. The Bertz CT molecular complexity index is 514. The second kappa shape index (κ2) is 8.48. The number of hydrogen-bond donors (Lipinski definition) is 2. The minimum Gasteiger partial charge on any atom is -0.326 e. The molecule has 20 heavy (non-hydrogen) atoms. The van der Waals surface area contributed by atoms with E-state index in [0.29, 0.717) is 27.7 Å². The quantitative estimate of drug-likeness (QED) is 0.686. The van der Waals surface area contributed by atoms with Gasteiger partial charge in [-0.3, -0.25) is 0 Å². The molecule has 0 amide bonds. The van der Waals surface area contributed by atoms with Crippen molar-refractivity contribution in [3.05, 3.63) is 14.7 Å². The van der Waals surface area contributed by atoms with E-state index in [2.05, 4.69) is 34.5 Å². The average molecular weight is 383 g/mol. The van der Waals surface area contributed by atoms with Gasteiger partial charge in [0.05, 0.1) is 3.79 Å². The Balaban J connectivity index is 2.71. The second-order valence-electron chi connectivity index (χ2n) is 4.82. The van der Waals surface area contributed by atoms with Crippen LogP contribution in [0.5, 0.6) is 0 Å². The third-order valence-electron chi connectivity index (χ3n) is 3.30. The number of hydrogen-bond acceptors (Lipinski definition) is 4. The lowest BCUT2D eigenvalue weighted by Gasteiger charge is -2.15. The summed E-state index contributed by atoms with van der Waals surface area (Å²) in [5.74, 6) is 0.399. The van der Waals surface area contributed by atoms with E-state index in [1.165, 1.54) is 11.3 Å². The lowest BCUT2D eigenvalue weighted by molar-refractivity contribution is 0.443. The molecule has 1 atom stereocenters. The number of rotatable bonds is 9. The Morgan fingerprint density at radius 3 is 2.65 bits per heavy atom. The van der Waals surface area contributed by atoms with Gasteiger partial charge in [0.2, 0.25) is 10.0 Å². The molecule has 0 aliphatic carbocycles. The highest BCUT2D eigenvalue weighted by atomic mass is 79.9. The number of nitrogens with one attached hydrogen (secondary N) is 1. The number of thiophene rings is 1. The molecule has 1 aromatic rings.